The van der Waals surface area contributed by atoms with E-state index in [1.165, 1.54) is 17.4 Å². The number of thiazole rings is 1. The number of nitrogens with zero attached hydrogens (tertiary/aromatic N) is 2. The Hall–Kier alpha value is -4.04. The highest BCUT2D eigenvalue weighted by Crippen LogP contribution is 2.46. The molecule has 5 atom stereocenters. The number of amides is 4. The van der Waals surface area contributed by atoms with Gasteiger partial charge in [-0.05, 0) is 82.9 Å². The van der Waals surface area contributed by atoms with Crippen LogP contribution in [0.15, 0.2) is 48.9 Å². The van der Waals surface area contributed by atoms with E-state index in [1.54, 1.807) is 11.9 Å². The molecule has 3 N–H and O–H groups in total. The Balaban J connectivity index is 1.32. The lowest BCUT2D eigenvalue weighted by atomic mass is 9.93. The van der Waals surface area contributed by atoms with Gasteiger partial charge in [0.25, 0.3) is 5.91 Å². The topological polar surface area (TPSA) is 164 Å². The smallest absolute Gasteiger partial charge is 0.411 e. The minimum atomic E-state index is -3.85. The van der Waals surface area contributed by atoms with Crippen molar-refractivity contribution in [2.45, 2.75) is 82.1 Å². The van der Waals surface area contributed by atoms with Crippen LogP contribution in [0.5, 0.6) is 0 Å². The third-order valence-corrected chi connectivity index (χ3v) is 12.3. The maximum atomic E-state index is 14.0. The summed E-state index contributed by atoms with van der Waals surface area (Å²) in [4.78, 5) is 60.5. The molecule has 3 fully saturated rings. The van der Waals surface area contributed by atoms with E-state index in [1.807, 2.05) is 43.5 Å². The number of benzene rings is 1. The monoisotopic (exact) mass is 711 g/mol. The third-order valence-electron chi connectivity index (χ3n) is 9.49. The van der Waals surface area contributed by atoms with Gasteiger partial charge in [-0.3, -0.25) is 24.4 Å². The lowest BCUT2D eigenvalue weighted by molar-refractivity contribution is -0.140. The molecule has 0 aliphatic heterocycles. The highest BCUT2D eigenvalue weighted by molar-refractivity contribution is 7.91. The van der Waals surface area contributed by atoms with E-state index in [0.717, 1.165) is 41.1 Å². The molecular formula is C35H45N5O7S2. The number of anilines is 1. The summed E-state index contributed by atoms with van der Waals surface area (Å²) in [6, 6.07) is 5.64. The zero-order valence-electron chi connectivity index (χ0n) is 28.2. The van der Waals surface area contributed by atoms with Crippen LogP contribution in [0, 0.1) is 31.6 Å². The SMILES string of the molecule is C=CCCCCN(C)C(=O)[C@@H]1C[C@H](OC(=O)Nc2cc(C)ccc2-c2nc(C)cs2)C[C@H]1C(=O)N[C@]1(C(=O)NS(=O)(=O)C2CC2)C[C@H]1C=C. The number of rotatable bonds is 15. The van der Waals surface area contributed by atoms with E-state index in [-0.39, 0.29) is 25.2 Å². The Morgan fingerprint density at radius 1 is 1.12 bits per heavy atom. The summed E-state index contributed by atoms with van der Waals surface area (Å²) >= 11 is 1.46. The molecule has 0 spiro atoms. The van der Waals surface area contributed by atoms with E-state index in [0.29, 0.717) is 25.1 Å². The summed E-state index contributed by atoms with van der Waals surface area (Å²) < 4.78 is 33.1. The Morgan fingerprint density at radius 3 is 2.49 bits per heavy atom. The number of nitrogens with one attached hydrogen (secondary N) is 3. The molecule has 3 aliphatic rings. The quantitative estimate of drug-likeness (QED) is 0.174. The molecular weight excluding hydrogens is 667 g/mol. The largest absolute Gasteiger partial charge is 0.446 e. The lowest BCUT2D eigenvalue weighted by Crippen LogP contribution is -2.54. The van der Waals surface area contributed by atoms with Gasteiger partial charge in [0.05, 0.1) is 22.8 Å². The van der Waals surface area contributed by atoms with Gasteiger partial charge in [0.1, 0.15) is 16.7 Å². The van der Waals surface area contributed by atoms with E-state index >= 15 is 0 Å². The third kappa shape index (κ3) is 8.41. The van der Waals surface area contributed by atoms with Gasteiger partial charge in [-0.2, -0.15) is 0 Å². The maximum Gasteiger partial charge on any atom is 0.411 e. The van der Waals surface area contributed by atoms with Gasteiger partial charge in [-0.15, -0.1) is 24.5 Å². The average molecular weight is 712 g/mol. The zero-order valence-corrected chi connectivity index (χ0v) is 29.8. The molecule has 1 aromatic carbocycles. The summed E-state index contributed by atoms with van der Waals surface area (Å²) in [6.45, 7) is 11.8. The van der Waals surface area contributed by atoms with Crippen molar-refractivity contribution >= 4 is 50.9 Å². The molecule has 264 valence electrons. The first kappa shape index (κ1) is 36.2. The van der Waals surface area contributed by atoms with Crippen LogP contribution in [0.25, 0.3) is 10.6 Å². The first-order valence-corrected chi connectivity index (χ1v) is 19.1. The Bertz CT molecular complexity index is 1740. The number of aromatic nitrogens is 1. The first-order chi connectivity index (χ1) is 23.3. The van der Waals surface area contributed by atoms with Crippen molar-refractivity contribution in [3.8, 4) is 10.6 Å². The normalized spacial score (nSPS) is 24.4. The second-order valence-corrected chi connectivity index (χ2v) is 16.2. The fourth-order valence-corrected chi connectivity index (χ4v) is 8.63. The van der Waals surface area contributed by atoms with Crippen LogP contribution < -0.4 is 15.4 Å². The highest BCUT2D eigenvalue weighted by atomic mass is 32.2. The number of sulfonamides is 1. The molecule has 2 aromatic rings. The van der Waals surface area contributed by atoms with Crippen LogP contribution in [0.1, 0.15) is 62.6 Å². The maximum absolute atomic E-state index is 14.0. The predicted molar refractivity (Wildman–Crippen MR) is 188 cm³/mol. The van der Waals surface area contributed by atoms with Crippen molar-refractivity contribution in [1.82, 2.24) is 19.9 Å². The zero-order chi connectivity index (χ0) is 35.5. The number of carbonyl (C=O) groups excluding carboxylic acids is 4. The van der Waals surface area contributed by atoms with E-state index in [2.05, 4.69) is 33.5 Å². The van der Waals surface area contributed by atoms with Crippen molar-refractivity contribution < 1.29 is 32.3 Å². The molecule has 0 saturated heterocycles. The summed E-state index contributed by atoms with van der Waals surface area (Å²) in [7, 11) is -2.18. The summed E-state index contributed by atoms with van der Waals surface area (Å²) in [6.07, 6.45) is 5.53. The molecule has 0 unspecified atom stereocenters. The Kier molecular flexibility index (Phi) is 11.0. The second kappa shape index (κ2) is 14.8. The summed E-state index contributed by atoms with van der Waals surface area (Å²) in [5, 5.41) is 7.67. The molecule has 1 heterocycles. The van der Waals surface area contributed by atoms with Crippen molar-refractivity contribution in [2.24, 2.45) is 17.8 Å². The van der Waals surface area contributed by atoms with Crippen LogP contribution in [-0.4, -0.2) is 72.6 Å². The number of ether oxygens (including phenoxy) is 1. The number of unbranched alkanes of at least 4 members (excludes halogenated alkanes) is 2. The number of allylic oxidation sites excluding steroid dienone is 1. The summed E-state index contributed by atoms with van der Waals surface area (Å²) in [5.41, 5.74) is 1.56. The van der Waals surface area contributed by atoms with E-state index in [9.17, 15) is 27.6 Å². The van der Waals surface area contributed by atoms with Crippen LogP contribution in [-0.2, 0) is 29.1 Å². The second-order valence-electron chi connectivity index (χ2n) is 13.4. The van der Waals surface area contributed by atoms with Crippen molar-refractivity contribution in [3.05, 3.63) is 60.1 Å². The van der Waals surface area contributed by atoms with Gasteiger partial charge < -0.3 is 15.0 Å². The summed E-state index contributed by atoms with van der Waals surface area (Å²) in [5.74, 6) is -3.88. The van der Waals surface area contributed by atoms with Crippen molar-refractivity contribution in [2.75, 3.05) is 18.9 Å². The number of carbonyl (C=O) groups is 4. The van der Waals surface area contributed by atoms with Gasteiger partial charge in [0.15, 0.2) is 0 Å². The fraction of sp³-hybridized carbons (Fsp3) is 0.514. The van der Waals surface area contributed by atoms with Gasteiger partial charge in [-0.1, -0.05) is 18.2 Å². The van der Waals surface area contributed by atoms with Crippen LogP contribution in [0.2, 0.25) is 0 Å². The standard InChI is InChI=1S/C35H45N5O7S2/c1-6-8-9-10-15-40(5)32(42)28-18-24(47-34(44)37-29-16-21(3)11-14-26(29)31-36-22(4)20-48-31)17-27(28)30(41)38-35(19-23(35)7-2)33(43)39-49(45,46)25-12-13-25/h6-7,11,14,16,20,23-25,27-28H,1-2,8-10,12-13,15,17-19H2,3-5H3,(H,37,44)(H,38,41)(H,39,43)/t23-,24-,27-,28-,35-/m1/s1. The minimum absolute atomic E-state index is 0.0448. The van der Waals surface area contributed by atoms with E-state index in [4.69, 9.17) is 4.74 Å². The molecule has 0 bridgehead atoms. The Labute approximate surface area is 291 Å². The van der Waals surface area contributed by atoms with Crippen molar-refractivity contribution in [1.29, 1.82) is 0 Å². The van der Waals surface area contributed by atoms with E-state index < -0.39 is 62.6 Å². The molecule has 14 heteroatoms. The minimum Gasteiger partial charge on any atom is -0.446 e. The van der Waals surface area contributed by atoms with Gasteiger partial charge >= 0.3 is 6.09 Å². The first-order valence-electron chi connectivity index (χ1n) is 16.6. The fourth-order valence-electron chi connectivity index (χ4n) is 6.43. The highest BCUT2D eigenvalue weighted by Gasteiger charge is 2.62. The molecule has 5 rings (SSSR count). The van der Waals surface area contributed by atoms with Crippen molar-refractivity contribution in [3.63, 3.8) is 0 Å². The van der Waals surface area contributed by atoms with Gasteiger partial charge in [0, 0.05) is 36.1 Å². The van der Waals surface area contributed by atoms with Gasteiger partial charge in [-0.25, -0.2) is 18.2 Å². The number of hydrogen-bond donors (Lipinski definition) is 3. The molecule has 0 radical (unpaired) electrons. The lowest BCUT2D eigenvalue weighted by Gasteiger charge is -2.26. The molecule has 4 amide bonds. The van der Waals surface area contributed by atoms with Crippen LogP contribution in [0.4, 0.5) is 10.5 Å². The van der Waals surface area contributed by atoms with Crippen LogP contribution in [0.3, 0.4) is 0 Å². The molecule has 3 aliphatic carbocycles. The predicted octanol–water partition coefficient (Wildman–Crippen LogP) is 4.85. The average Bonchev–Trinajstić information content (AvgIpc) is 3.95. The number of aryl methyl sites for hydroxylation is 2. The Morgan fingerprint density at radius 2 is 1.86 bits per heavy atom. The molecule has 12 nitrogen and oxygen atoms in total. The molecule has 3 saturated carbocycles. The van der Waals surface area contributed by atoms with Crippen LogP contribution >= 0.6 is 11.3 Å². The molecule has 1 aromatic heterocycles. The molecule has 49 heavy (non-hydrogen) atoms. The van der Waals surface area contributed by atoms with Gasteiger partial charge in [0.2, 0.25) is 21.8 Å². The number of hydrogen-bond acceptors (Lipinski definition) is 9.